The minimum absolute atomic E-state index is 0.154. The summed E-state index contributed by atoms with van der Waals surface area (Å²) in [4.78, 5) is 13.8. The van der Waals surface area contributed by atoms with Gasteiger partial charge in [-0.25, -0.2) is 0 Å². The van der Waals surface area contributed by atoms with Gasteiger partial charge in [0, 0.05) is 24.8 Å². The number of nitrogens with two attached hydrogens (primary N) is 1. The molecule has 0 aromatic heterocycles. The van der Waals surface area contributed by atoms with E-state index in [4.69, 9.17) is 10.5 Å². The summed E-state index contributed by atoms with van der Waals surface area (Å²) in [7, 11) is 0. The van der Waals surface area contributed by atoms with Crippen molar-refractivity contribution in [1.82, 2.24) is 10.2 Å². The van der Waals surface area contributed by atoms with Gasteiger partial charge in [0.25, 0.3) is 0 Å². The van der Waals surface area contributed by atoms with E-state index in [0.717, 1.165) is 50.2 Å². The van der Waals surface area contributed by atoms with Crippen LogP contribution in [0.3, 0.4) is 0 Å². The fourth-order valence-corrected chi connectivity index (χ4v) is 3.24. The second kappa shape index (κ2) is 6.35. The molecule has 1 aliphatic carbocycles. The molecule has 114 valence electrons. The Bertz CT molecular complexity index is 481. The minimum atomic E-state index is 0.154. The first-order valence-electron chi connectivity index (χ1n) is 7.73. The third kappa shape index (κ3) is 3.67. The van der Waals surface area contributed by atoms with Gasteiger partial charge in [0.05, 0.1) is 12.6 Å². The molecule has 0 unspecified atom stereocenters. The fourth-order valence-electron chi connectivity index (χ4n) is 3.24. The number of amides is 1. The van der Waals surface area contributed by atoms with Gasteiger partial charge in [0.15, 0.2) is 0 Å². The summed E-state index contributed by atoms with van der Waals surface area (Å²) in [6.07, 6.45) is 4.59. The number of benzene rings is 1. The molecule has 1 aromatic rings. The third-order valence-corrected chi connectivity index (χ3v) is 4.41. The maximum Gasteiger partial charge on any atom is 0.234 e. The van der Waals surface area contributed by atoms with Crippen LogP contribution in [-0.2, 0) is 4.79 Å². The van der Waals surface area contributed by atoms with E-state index >= 15 is 0 Å². The van der Waals surface area contributed by atoms with Gasteiger partial charge >= 0.3 is 0 Å². The Morgan fingerprint density at radius 3 is 2.52 bits per heavy atom. The molecule has 1 saturated heterocycles. The number of rotatable bonds is 3. The van der Waals surface area contributed by atoms with Crippen LogP contribution in [0.5, 0.6) is 5.75 Å². The van der Waals surface area contributed by atoms with E-state index in [9.17, 15) is 4.79 Å². The number of hydrogen-bond acceptors (Lipinski definition) is 4. The summed E-state index contributed by atoms with van der Waals surface area (Å²) in [6, 6.07) is 8.12. The number of carbonyl (C=O) groups is 1. The zero-order valence-corrected chi connectivity index (χ0v) is 12.3. The van der Waals surface area contributed by atoms with Gasteiger partial charge in [-0.2, -0.15) is 0 Å². The molecular weight excluding hydrogens is 266 g/mol. The molecule has 1 aliphatic heterocycles. The largest absolute Gasteiger partial charge is 0.490 e. The summed E-state index contributed by atoms with van der Waals surface area (Å²) in [6.45, 7) is 2.30. The van der Waals surface area contributed by atoms with Crippen molar-refractivity contribution in [3.63, 3.8) is 0 Å². The van der Waals surface area contributed by atoms with Crippen molar-refractivity contribution in [1.29, 1.82) is 0 Å². The number of carbonyl (C=O) groups excluding carboxylic acids is 1. The highest BCUT2D eigenvalue weighted by Crippen LogP contribution is 2.27. The van der Waals surface area contributed by atoms with E-state index in [-0.39, 0.29) is 12.0 Å². The zero-order valence-electron chi connectivity index (χ0n) is 12.3. The Balaban J connectivity index is 1.48. The molecule has 5 heteroatoms. The molecule has 3 N–H and O–H groups in total. The Morgan fingerprint density at radius 2 is 1.86 bits per heavy atom. The van der Waals surface area contributed by atoms with Crippen LogP contribution < -0.4 is 15.8 Å². The van der Waals surface area contributed by atoms with Gasteiger partial charge in [-0.1, -0.05) is 0 Å². The normalized spacial score (nSPS) is 27.1. The van der Waals surface area contributed by atoms with Crippen molar-refractivity contribution in [2.24, 2.45) is 0 Å². The number of piperazine rings is 1. The summed E-state index contributed by atoms with van der Waals surface area (Å²) in [5, 5.41) is 2.88. The molecule has 0 bridgehead atoms. The molecule has 0 radical (unpaired) electrons. The Kier molecular flexibility index (Phi) is 4.29. The van der Waals surface area contributed by atoms with Crippen LogP contribution in [0.25, 0.3) is 0 Å². The van der Waals surface area contributed by atoms with Gasteiger partial charge in [0.2, 0.25) is 5.91 Å². The lowest BCUT2D eigenvalue weighted by Gasteiger charge is -2.38. The van der Waals surface area contributed by atoms with Crippen molar-refractivity contribution in [3.8, 4) is 5.75 Å². The highest BCUT2D eigenvalue weighted by molar-refractivity contribution is 5.78. The highest BCUT2D eigenvalue weighted by Gasteiger charge is 2.29. The first-order chi connectivity index (χ1) is 10.2. The van der Waals surface area contributed by atoms with Gasteiger partial charge in [-0.15, -0.1) is 0 Å². The monoisotopic (exact) mass is 289 g/mol. The topological polar surface area (TPSA) is 67.6 Å². The Hall–Kier alpha value is -1.75. The lowest BCUT2D eigenvalue weighted by atomic mass is 9.91. The molecule has 1 saturated carbocycles. The molecule has 0 atom stereocenters. The number of ether oxygens (including phenoxy) is 1. The van der Waals surface area contributed by atoms with Crippen LogP contribution in [0.15, 0.2) is 24.3 Å². The number of nitrogens with one attached hydrogen (secondary N) is 1. The molecule has 1 heterocycles. The third-order valence-electron chi connectivity index (χ3n) is 4.41. The maximum absolute atomic E-state index is 11.5. The summed E-state index contributed by atoms with van der Waals surface area (Å²) in [5.74, 6) is 1.05. The average molecular weight is 289 g/mol. The van der Waals surface area contributed by atoms with Gasteiger partial charge in [0.1, 0.15) is 5.75 Å². The fraction of sp³-hybridized carbons (Fsp3) is 0.562. The summed E-state index contributed by atoms with van der Waals surface area (Å²) < 4.78 is 6.01. The van der Waals surface area contributed by atoms with Gasteiger partial charge in [-0.3, -0.25) is 9.69 Å². The van der Waals surface area contributed by atoms with Crippen molar-refractivity contribution in [3.05, 3.63) is 24.3 Å². The van der Waals surface area contributed by atoms with Crippen LogP contribution in [0.2, 0.25) is 0 Å². The van der Waals surface area contributed by atoms with Gasteiger partial charge in [-0.05, 0) is 49.9 Å². The number of nitrogen functional groups attached to an aromatic ring is 1. The standard InChI is InChI=1S/C16H23N3O2/c17-12-1-5-14(6-2-12)21-15-7-3-13(4-8-15)19-10-9-18-16(20)11-19/h1-2,5-6,13,15H,3-4,7-11,17H2,(H,18,20). The van der Waals surface area contributed by atoms with E-state index in [1.807, 2.05) is 24.3 Å². The van der Waals surface area contributed by atoms with Crippen LogP contribution in [-0.4, -0.2) is 42.6 Å². The molecule has 5 nitrogen and oxygen atoms in total. The smallest absolute Gasteiger partial charge is 0.234 e. The highest BCUT2D eigenvalue weighted by atomic mass is 16.5. The van der Waals surface area contributed by atoms with Crippen molar-refractivity contribution >= 4 is 11.6 Å². The zero-order chi connectivity index (χ0) is 14.7. The molecule has 2 aliphatic rings. The maximum atomic E-state index is 11.5. The van der Waals surface area contributed by atoms with Gasteiger partial charge < -0.3 is 15.8 Å². The molecule has 1 aromatic carbocycles. The first kappa shape index (κ1) is 14.2. The first-order valence-corrected chi connectivity index (χ1v) is 7.73. The molecule has 2 fully saturated rings. The van der Waals surface area contributed by atoms with Crippen molar-refractivity contribution in [2.45, 2.75) is 37.8 Å². The molecule has 1 amide bonds. The van der Waals surface area contributed by atoms with Crippen LogP contribution >= 0.6 is 0 Å². The summed E-state index contributed by atoms with van der Waals surface area (Å²) >= 11 is 0. The number of nitrogens with zero attached hydrogens (tertiary/aromatic N) is 1. The molecular formula is C16H23N3O2. The van der Waals surface area contributed by atoms with Crippen LogP contribution in [0.4, 0.5) is 5.69 Å². The Morgan fingerprint density at radius 1 is 1.14 bits per heavy atom. The predicted octanol–water partition coefficient (Wildman–Crippen LogP) is 1.39. The van der Waals surface area contributed by atoms with E-state index in [1.165, 1.54) is 0 Å². The van der Waals surface area contributed by atoms with E-state index in [1.54, 1.807) is 0 Å². The average Bonchev–Trinajstić information content (AvgIpc) is 2.50. The van der Waals surface area contributed by atoms with Crippen molar-refractivity contribution < 1.29 is 9.53 Å². The Labute approximate surface area is 125 Å². The number of anilines is 1. The van der Waals surface area contributed by atoms with Crippen molar-refractivity contribution in [2.75, 3.05) is 25.4 Å². The second-order valence-corrected chi connectivity index (χ2v) is 5.94. The quantitative estimate of drug-likeness (QED) is 0.825. The van der Waals surface area contributed by atoms with E-state index < -0.39 is 0 Å². The lowest BCUT2D eigenvalue weighted by Crippen LogP contribution is -2.52. The lowest BCUT2D eigenvalue weighted by molar-refractivity contribution is -0.125. The SMILES string of the molecule is Nc1ccc(OC2CCC(N3CCNC(=O)C3)CC2)cc1. The predicted molar refractivity (Wildman–Crippen MR) is 82.1 cm³/mol. The van der Waals surface area contributed by atoms with E-state index in [2.05, 4.69) is 10.2 Å². The summed E-state index contributed by atoms with van der Waals surface area (Å²) in [5.41, 5.74) is 6.44. The number of hydrogen-bond donors (Lipinski definition) is 2. The minimum Gasteiger partial charge on any atom is -0.490 e. The molecule has 21 heavy (non-hydrogen) atoms. The van der Waals surface area contributed by atoms with Crippen LogP contribution in [0, 0.1) is 0 Å². The molecule has 0 spiro atoms. The molecule has 3 rings (SSSR count). The van der Waals surface area contributed by atoms with E-state index in [0.29, 0.717) is 12.6 Å². The second-order valence-electron chi connectivity index (χ2n) is 5.94. The van der Waals surface area contributed by atoms with Crippen LogP contribution in [0.1, 0.15) is 25.7 Å².